The van der Waals surface area contributed by atoms with Gasteiger partial charge < -0.3 is 15.1 Å². The summed E-state index contributed by atoms with van der Waals surface area (Å²) in [7, 11) is 0. The zero-order valence-corrected chi connectivity index (χ0v) is 13.8. The number of nitrogens with one attached hydrogen (secondary N) is 2. The summed E-state index contributed by atoms with van der Waals surface area (Å²) in [5.41, 5.74) is 2.24. The molecular formula is C21H16N2O3. The Labute approximate surface area is 150 Å². The minimum Gasteiger partial charge on any atom is -0.467 e. The molecule has 0 radical (unpaired) electrons. The van der Waals surface area contributed by atoms with Crippen molar-refractivity contribution >= 4 is 17.5 Å². The number of rotatable bonds is 4. The molecule has 0 saturated carbocycles. The molecule has 0 fully saturated rings. The second-order valence-corrected chi connectivity index (χ2v) is 5.90. The van der Waals surface area contributed by atoms with Gasteiger partial charge in [-0.3, -0.25) is 4.79 Å². The van der Waals surface area contributed by atoms with E-state index in [1.165, 1.54) is 6.26 Å². The highest BCUT2D eigenvalue weighted by Gasteiger charge is 2.35. The monoisotopic (exact) mass is 344 g/mol. The Bertz CT molecular complexity index is 961. The van der Waals surface area contributed by atoms with Gasteiger partial charge in [-0.2, -0.15) is 0 Å². The molecule has 2 heterocycles. The van der Waals surface area contributed by atoms with Gasteiger partial charge in [-0.1, -0.05) is 60.7 Å². The smallest absolute Gasteiger partial charge is 0.320 e. The van der Waals surface area contributed by atoms with Gasteiger partial charge in [0.25, 0.3) is 0 Å². The Morgan fingerprint density at radius 3 is 2.23 bits per heavy atom. The van der Waals surface area contributed by atoms with Crippen LogP contribution in [0.1, 0.15) is 27.7 Å². The molecule has 2 aromatic carbocycles. The lowest BCUT2D eigenvalue weighted by Gasteiger charge is -2.28. The Morgan fingerprint density at radius 2 is 1.58 bits per heavy atom. The minimum absolute atomic E-state index is 0.168. The molecule has 128 valence electrons. The average molecular weight is 344 g/mol. The summed E-state index contributed by atoms with van der Waals surface area (Å²) in [6.07, 6.45) is 1.52. The van der Waals surface area contributed by atoms with Crippen molar-refractivity contribution in [2.24, 2.45) is 0 Å². The number of hydrogen-bond acceptors (Lipinski definition) is 3. The number of hydrogen-bond donors (Lipinski definition) is 2. The van der Waals surface area contributed by atoms with Crippen LogP contribution in [0.15, 0.2) is 89.0 Å². The first kappa shape index (κ1) is 15.9. The number of carbonyl (C=O) groups excluding carboxylic acids is 2. The van der Waals surface area contributed by atoms with E-state index in [0.717, 1.165) is 5.56 Å². The zero-order valence-electron chi connectivity index (χ0n) is 13.8. The molecular weight excluding hydrogens is 328 g/mol. The third kappa shape index (κ3) is 2.91. The molecule has 0 unspecified atom stereocenters. The molecule has 1 atom stereocenters. The van der Waals surface area contributed by atoms with E-state index in [9.17, 15) is 9.59 Å². The van der Waals surface area contributed by atoms with Crippen LogP contribution in [0.3, 0.4) is 0 Å². The van der Waals surface area contributed by atoms with Crippen LogP contribution in [0.4, 0.5) is 4.79 Å². The predicted molar refractivity (Wildman–Crippen MR) is 97.3 cm³/mol. The summed E-state index contributed by atoms with van der Waals surface area (Å²) in [6.45, 7) is 0. The first-order chi connectivity index (χ1) is 12.7. The Kier molecular flexibility index (Phi) is 4.11. The molecule has 1 aliphatic heterocycles. The standard InChI is InChI=1S/C21H16N2O3/c24-20(15-10-5-2-6-11-15)17-18(14-8-3-1-4-9-14)22-21(25)23-19(17)16-12-7-13-26-16/h1-13,19H,(H2,22,23,25)/t19-/m0/s1. The maximum absolute atomic E-state index is 13.3. The number of benzene rings is 2. The lowest BCUT2D eigenvalue weighted by molar-refractivity contribution is 0.102. The van der Waals surface area contributed by atoms with Crippen LogP contribution in [0, 0.1) is 0 Å². The first-order valence-corrected chi connectivity index (χ1v) is 8.24. The number of Topliss-reactive ketones (excluding diaryl/α,β-unsaturated/α-hetero) is 1. The van der Waals surface area contributed by atoms with Crippen molar-refractivity contribution in [2.75, 3.05) is 0 Å². The molecule has 0 spiro atoms. The molecule has 5 heteroatoms. The van der Waals surface area contributed by atoms with E-state index in [1.807, 2.05) is 48.5 Å². The van der Waals surface area contributed by atoms with Gasteiger partial charge in [0, 0.05) is 5.56 Å². The van der Waals surface area contributed by atoms with Crippen LogP contribution in [0.5, 0.6) is 0 Å². The number of carbonyl (C=O) groups is 2. The maximum atomic E-state index is 13.3. The summed E-state index contributed by atoms with van der Waals surface area (Å²) >= 11 is 0. The van der Waals surface area contributed by atoms with Gasteiger partial charge in [-0.25, -0.2) is 4.79 Å². The second kappa shape index (κ2) is 6.72. The van der Waals surface area contributed by atoms with E-state index in [1.54, 1.807) is 24.3 Å². The predicted octanol–water partition coefficient (Wildman–Crippen LogP) is 3.93. The van der Waals surface area contributed by atoms with Crippen molar-refractivity contribution in [3.8, 4) is 0 Å². The van der Waals surface area contributed by atoms with E-state index in [0.29, 0.717) is 22.6 Å². The van der Waals surface area contributed by atoms with Gasteiger partial charge in [0.15, 0.2) is 5.78 Å². The normalized spacial score (nSPS) is 16.8. The molecule has 4 rings (SSSR count). The summed E-state index contributed by atoms with van der Waals surface area (Å²) in [6, 6.07) is 20.8. The quantitative estimate of drug-likeness (QED) is 0.705. The zero-order chi connectivity index (χ0) is 17.9. The largest absolute Gasteiger partial charge is 0.467 e. The molecule has 5 nitrogen and oxygen atoms in total. The van der Waals surface area contributed by atoms with Crippen molar-refractivity contribution in [3.63, 3.8) is 0 Å². The van der Waals surface area contributed by atoms with Crippen molar-refractivity contribution < 1.29 is 14.0 Å². The van der Waals surface area contributed by atoms with E-state index >= 15 is 0 Å². The number of ketones is 1. The maximum Gasteiger partial charge on any atom is 0.320 e. The van der Waals surface area contributed by atoms with Gasteiger partial charge in [0.2, 0.25) is 0 Å². The number of amides is 2. The molecule has 0 saturated heterocycles. The third-order valence-electron chi connectivity index (χ3n) is 4.24. The Morgan fingerprint density at radius 1 is 0.885 bits per heavy atom. The fourth-order valence-corrected chi connectivity index (χ4v) is 3.06. The van der Waals surface area contributed by atoms with Crippen LogP contribution >= 0.6 is 0 Å². The van der Waals surface area contributed by atoms with Crippen LogP contribution in [0.25, 0.3) is 5.70 Å². The van der Waals surface area contributed by atoms with Crippen LogP contribution in [-0.2, 0) is 0 Å². The number of furan rings is 1. The first-order valence-electron chi connectivity index (χ1n) is 8.24. The van der Waals surface area contributed by atoms with Crippen molar-refractivity contribution in [2.45, 2.75) is 6.04 Å². The molecule has 2 N–H and O–H groups in total. The van der Waals surface area contributed by atoms with Gasteiger partial charge in [0.1, 0.15) is 11.8 Å². The van der Waals surface area contributed by atoms with Crippen molar-refractivity contribution in [1.29, 1.82) is 0 Å². The topological polar surface area (TPSA) is 71.3 Å². The Hall–Kier alpha value is -3.60. The van der Waals surface area contributed by atoms with Gasteiger partial charge in [0.05, 0.1) is 17.5 Å². The van der Waals surface area contributed by atoms with Crippen LogP contribution < -0.4 is 10.6 Å². The summed E-state index contributed by atoms with van der Waals surface area (Å²) in [4.78, 5) is 25.6. The summed E-state index contributed by atoms with van der Waals surface area (Å²) in [5, 5.41) is 5.59. The SMILES string of the molecule is O=C1NC(c2ccccc2)=C(C(=O)c2ccccc2)[C@H](c2ccco2)N1. The molecule has 1 aliphatic rings. The molecule has 26 heavy (non-hydrogen) atoms. The fourth-order valence-electron chi connectivity index (χ4n) is 3.06. The lowest BCUT2D eigenvalue weighted by Crippen LogP contribution is -2.45. The average Bonchev–Trinajstić information content (AvgIpc) is 3.23. The minimum atomic E-state index is -0.665. The van der Waals surface area contributed by atoms with Crippen molar-refractivity contribution in [1.82, 2.24) is 10.6 Å². The molecule has 0 aliphatic carbocycles. The number of urea groups is 1. The van der Waals surface area contributed by atoms with E-state index in [2.05, 4.69) is 10.6 Å². The Balaban J connectivity index is 1.92. The third-order valence-corrected chi connectivity index (χ3v) is 4.24. The molecule has 2 amide bonds. The van der Waals surface area contributed by atoms with E-state index in [-0.39, 0.29) is 11.8 Å². The molecule has 1 aromatic heterocycles. The van der Waals surface area contributed by atoms with Gasteiger partial charge in [-0.15, -0.1) is 0 Å². The summed E-state index contributed by atoms with van der Waals surface area (Å²) in [5.74, 6) is 0.339. The van der Waals surface area contributed by atoms with E-state index < -0.39 is 6.04 Å². The van der Waals surface area contributed by atoms with E-state index in [4.69, 9.17) is 4.42 Å². The molecule has 0 bridgehead atoms. The second-order valence-electron chi connectivity index (χ2n) is 5.90. The highest BCUT2D eigenvalue weighted by Crippen LogP contribution is 2.33. The highest BCUT2D eigenvalue weighted by molar-refractivity contribution is 6.16. The van der Waals surface area contributed by atoms with Crippen LogP contribution in [0.2, 0.25) is 0 Å². The summed E-state index contributed by atoms with van der Waals surface area (Å²) < 4.78 is 5.49. The van der Waals surface area contributed by atoms with Gasteiger partial charge in [-0.05, 0) is 17.7 Å². The molecule has 3 aromatic rings. The van der Waals surface area contributed by atoms with Gasteiger partial charge >= 0.3 is 6.03 Å². The van der Waals surface area contributed by atoms with Crippen molar-refractivity contribution in [3.05, 3.63) is 102 Å². The lowest BCUT2D eigenvalue weighted by atomic mass is 9.90. The fraction of sp³-hybridized carbons (Fsp3) is 0.0476. The van der Waals surface area contributed by atoms with Crippen LogP contribution in [-0.4, -0.2) is 11.8 Å². The highest BCUT2D eigenvalue weighted by atomic mass is 16.3.